The molecule has 4 atom stereocenters. The second kappa shape index (κ2) is 11.0. The van der Waals surface area contributed by atoms with E-state index in [2.05, 4.69) is 41.1 Å². The summed E-state index contributed by atoms with van der Waals surface area (Å²) in [5, 5.41) is 9.71. The number of carboxylic acid groups (broad SMARTS) is 1. The Morgan fingerprint density at radius 2 is 1.87 bits per heavy atom. The lowest BCUT2D eigenvalue weighted by molar-refractivity contribution is -0.142. The van der Waals surface area contributed by atoms with Crippen molar-refractivity contribution in [2.75, 3.05) is 21.2 Å². The minimum atomic E-state index is -0.755. The van der Waals surface area contributed by atoms with E-state index in [1.54, 1.807) is 6.07 Å². The lowest BCUT2D eigenvalue weighted by Crippen LogP contribution is -2.22. The Balaban J connectivity index is 1.49. The number of nitrogens with zero attached hydrogens (tertiary/aromatic N) is 2. The van der Waals surface area contributed by atoms with Gasteiger partial charge in [0.15, 0.2) is 0 Å². The molecule has 0 saturated heterocycles. The number of methoxy groups -OCH3 is 1. The van der Waals surface area contributed by atoms with Crippen LogP contribution in [0.5, 0.6) is 11.6 Å². The number of aryl methyl sites for hydroxylation is 1. The molecular formula is C32H37FN2O4. The monoisotopic (exact) mass is 532 g/mol. The number of fused-ring (bicyclic) bond motifs is 1. The third-order valence-corrected chi connectivity index (χ3v) is 8.48. The van der Waals surface area contributed by atoms with Crippen LogP contribution in [0, 0.1) is 17.7 Å². The molecule has 2 aromatic carbocycles. The number of carboxylic acids is 1. The Kier molecular flexibility index (Phi) is 7.63. The highest BCUT2D eigenvalue weighted by Crippen LogP contribution is 2.48. The summed E-state index contributed by atoms with van der Waals surface area (Å²) in [5.41, 5.74) is 5.49. The van der Waals surface area contributed by atoms with Crippen molar-refractivity contribution >= 4 is 5.97 Å². The third-order valence-electron chi connectivity index (χ3n) is 8.48. The summed E-state index contributed by atoms with van der Waals surface area (Å²) in [5.74, 6) is 0.0251. The maximum absolute atomic E-state index is 14.9. The maximum Gasteiger partial charge on any atom is 0.306 e. The van der Waals surface area contributed by atoms with Crippen molar-refractivity contribution in [3.8, 4) is 22.8 Å². The fourth-order valence-electron chi connectivity index (χ4n) is 5.79. The molecule has 1 aliphatic heterocycles. The standard InChI is InChI=1S/C32H37FN2O4/c1-18(32(36)37)31(21-7-8-21)23-9-6-20-11-13-28(39-29(20)15-23)22-10-12-24(25(14-22)19(2)35(3)4)26-16-30(38-5)34-17-27(26)33/h6,9-10,12,14-19,21,28,31H,7-8,11,13H2,1-5H3,(H,36,37)/t18-,19-,28+,31-/m0/s1. The molecule has 7 heteroatoms. The van der Waals surface area contributed by atoms with Gasteiger partial charge < -0.3 is 19.5 Å². The van der Waals surface area contributed by atoms with Crippen molar-refractivity contribution in [3.63, 3.8) is 0 Å². The molecule has 0 bridgehead atoms. The van der Waals surface area contributed by atoms with Crippen molar-refractivity contribution in [2.24, 2.45) is 11.8 Å². The molecule has 6 nitrogen and oxygen atoms in total. The van der Waals surface area contributed by atoms with Crippen LogP contribution in [0.4, 0.5) is 4.39 Å². The first kappa shape index (κ1) is 27.1. The Labute approximate surface area is 229 Å². The first-order chi connectivity index (χ1) is 18.7. The van der Waals surface area contributed by atoms with E-state index in [0.29, 0.717) is 17.4 Å². The lowest BCUT2D eigenvalue weighted by Gasteiger charge is -2.30. The highest BCUT2D eigenvalue weighted by molar-refractivity contribution is 5.71. The zero-order valence-corrected chi connectivity index (χ0v) is 23.3. The summed E-state index contributed by atoms with van der Waals surface area (Å²) in [6, 6.07) is 14.0. The number of rotatable bonds is 9. The van der Waals surface area contributed by atoms with E-state index in [-0.39, 0.29) is 18.1 Å². The van der Waals surface area contributed by atoms with Gasteiger partial charge in [-0.05, 0) is 98.5 Å². The lowest BCUT2D eigenvalue weighted by atomic mass is 9.82. The predicted molar refractivity (Wildman–Crippen MR) is 149 cm³/mol. The number of carbonyl (C=O) groups is 1. The van der Waals surface area contributed by atoms with Gasteiger partial charge in [0.2, 0.25) is 5.88 Å². The molecule has 0 radical (unpaired) electrons. The Hall–Kier alpha value is -3.45. The van der Waals surface area contributed by atoms with Crippen molar-refractivity contribution in [3.05, 3.63) is 76.7 Å². The van der Waals surface area contributed by atoms with E-state index >= 15 is 0 Å². The molecule has 0 amide bonds. The molecule has 2 heterocycles. The van der Waals surface area contributed by atoms with E-state index < -0.39 is 17.7 Å². The van der Waals surface area contributed by atoms with Crippen LogP contribution in [0.15, 0.2) is 48.7 Å². The second-order valence-electron chi connectivity index (χ2n) is 11.2. The van der Waals surface area contributed by atoms with Crippen LogP contribution in [-0.2, 0) is 11.2 Å². The van der Waals surface area contributed by atoms with E-state index in [1.807, 2.05) is 33.2 Å². The minimum absolute atomic E-state index is 0.00384. The van der Waals surface area contributed by atoms with Crippen molar-refractivity contribution in [2.45, 2.75) is 57.6 Å². The quantitative estimate of drug-likeness (QED) is 0.327. The minimum Gasteiger partial charge on any atom is -0.485 e. The Bertz CT molecular complexity index is 1370. The topological polar surface area (TPSA) is 71.9 Å². The molecule has 39 heavy (non-hydrogen) atoms. The maximum atomic E-state index is 14.9. The number of aliphatic carboxylic acids is 1. The molecule has 1 N–H and O–H groups in total. The van der Waals surface area contributed by atoms with Gasteiger partial charge in [-0.1, -0.05) is 31.2 Å². The first-order valence-electron chi connectivity index (χ1n) is 13.7. The number of hydrogen-bond acceptors (Lipinski definition) is 5. The van der Waals surface area contributed by atoms with E-state index in [4.69, 9.17) is 9.47 Å². The number of ether oxygens (including phenoxy) is 2. The average Bonchev–Trinajstić information content (AvgIpc) is 3.77. The molecule has 3 aromatic rings. The van der Waals surface area contributed by atoms with Gasteiger partial charge in [-0.2, -0.15) is 0 Å². The summed E-state index contributed by atoms with van der Waals surface area (Å²) in [6.07, 6.45) is 4.90. The fraction of sp³-hybridized carbons (Fsp3) is 0.438. The summed E-state index contributed by atoms with van der Waals surface area (Å²) in [7, 11) is 5.54. The average molecular weight is 533 g/mol. The Morgan fingerprint density at radius 1 is 1.10 bits per heavy atom. The van der Waals surface area contributed by atoms with Gasteiger partial charge in [0.25, 0.3) is 0 Å². The van der Waals surface area contributed by atoms with E-state index in [9.17, 15) is 14.3 Å². The highest BCUT2D eigenvalue weighted by atomic mass is 19.1. The van der Waals surface area contributed by atoms with Crippen LogP contribution in [0.3, 0.4) is 0 Å². The smallest absolute Gasteiger partial charge is 0.306 e. The normalized spacial score (nSPS) is 19.1. The van der Waals surface area contributed by atoms with Gasteiger partial charge in [-0.3, -0.25) is 4.79 Å². The molecular weight excluding hydrogens is 495 g/mol. The van der Waals surface area contributed by atoms with Gasteiger partial charge in [0.1, 0.15) is 17.7 Å². The van der Waals surface area contributed by atoms with Crippen LogP contribution in [0.2, 0.25) is 0 Å². The van der Waals surface area contributed by atoms with Crippen LogP contribution in [0.1, 0.15) is 73.4 Å². The fourth-order valence-corrected chi connectivity index (χ4v) is 5.79. The molecule has 0 unspecified atom stereocenters. The van der Waals surface area contributed by atoms with Crippen LogP contribution < -0.4 is 9.47 Å². The molecule has 0 spiro atoms. The van der Waals surface area contributed by atoms with Crippen LogP contribution in [0.25, 0.3) is 11.1 Å². The molecule has 2 aliphatic rings. The third kappa shape index (κ3) is 5.50. The van der Waals surface area contributed by atoms with Crippen LogP contribution >= 0.6 is 0 Å². The van der Waals surface area contributed by atoms with Crippen molar-refractivity contribution in [1.29, 1.82) is 0 Å². The van der Waals surface area contributed by atoms with Gasteiger partial charge >= 0.3 is 5.97 Å². The van der Waals surface area contributed by atoms with Crippen molar-refractivity contribution in [1.82, 2.24) is 9.88 Å². The van der Waals surface area contributed by atoms with Gasteiger partial charge in [-0.25, -0.2) is 9.37 Å². The highest BCUT2D eigenvalue weighted by Gasteiger charge is 2.39. The molecule has 1 fully saturated rings. The second-order valence-corrected chi connectivity index (χ2v) is 11.2. The first-order valence-corrected chi connectivity index (χ1v) is 13.7. The van der Waals surface area contributed by atoms with E-state index in [0.717, 1.165) is 59.3 Å². The summed E-state index contributed by atoms with van der Waals surface area (Å²) in [6.45, 7) is 3.91. The number of aromatic nitrogens is 1. The molecule has 1 aliphatic carbocycles. The SMILES string of the molecule is COc1cc(-c2ccc([C@H]3CCc4ccc([C@H](C5CC5)[C@H](C)C(=O)O)cc4O3)cc2[C@H](C)N(C)C)c(F)cn1. The summed E-state index contributed by atoms with van der Waals surface area (Å²) >= 11 is 0. The zero-order valence-electron chi connectivity index (χ0n) is 23.3. The zero-order chi connectivity index (χ0) is 27.8. The van der Waals surface area contributed by atoms with Crippen molar-refractivity contribution < 1.29 is 23.8 Å². The van der Waals surface area contributed by atoms with E-state index in [1.165, 1.54) is 13.3 Å². The van der Waals surface area contributed by atoms with Gasteiger partial charge in [0, 0.05) is 17.7 Å². The summed E-state index contributed by atoms with van der Waals surface area (Å²) < 4.78 is 26.8. The number of hydrogen-bond donors (Lipinski definition) is 1. The molecule has 206 valence electrons. The van der Waals surface area contributed by atoms with Gasteiger partial charge in [0.05, 0.1) is 19.2 Å². The molecule has 5 rings (SSSR count). The number of pyridine rings is 1. The number of halogens is 1. The number of benzene rings is 2. The summed E-state index contributed by atoms with van der Waals surface area (Å²) in [4.78, 5) is 17.9. The van der Waals surface area contributed by atoms with Crippen LogP contribution in [-0.4, -0.2) is 42.2 Å². The largest absolute Gasteiger partial charge is 0.485 e. The predicted octanol–water partition coefficient (Wildman–Crippen LogP) is 6.80. The Morgan fingerprint density at radius 3 is 2.54 bits per heavy atom. The molecule has 1 aromatic heterocycles. The van der Waals surface area contributed by atoms with Gasteiger partial charge in [-0.15, -0.1) is 0 Å². The molecule has 1 saturated carbocycles.